The van der Waals surface area contributed by atoms with E-state index >= 15 is 0 Å². The van der Waals surface area contributed by atoms with E-state index in [1.807, 2.05) is 20.8 Å². The molecule has 1 fully saturated rings. The Morgan fingerprint density at radius 1 is 1.20 bits per heavy atom. The fourth-order valence-electron chi connectivity index (χ4n) is 2.47. The number of hydrogen-bond donors (Lipinski definition) is 1. The van der Waals surface area contributed by atoms with Crippen molar-refractivity contribution in [3.05, 3.63) is 16.5 Å². The largest absolute Gasteiger partial charge is 0.451 e. The van der Waals surface area contributed by atoms with Crippen molar-refractivity contribution in [3.8, 4) is 0 Å². The minimum atomic E-state index is -0.524. The predicted octanol–water partition coefficient (Wildman–Crippen LogP) is 3.21. The van der Waals surface area contributed by atoms with Crippen molar-refractivity contribution < 1.29 is 19.1 Å². The second-order valence-electron chi connectivity index (χ2n) is 7.34. The molecule has 6 nitrogen and oxygen atoms in total. The summed E-state index contributed by atoms with van der Waals surface area (Å²) in [5.74, 6) is -0.790. The fourth-order valence-corrected chi connectivity index (χ4v) is 3.43. The van der Waals surface area contributed by atoms with Crippen LogP contribution in [0.1, 0.15) is 55.3 Å². The summed E-state index contributed by atoms with van der Waals surface area (Å²) < 4.78 is 5.18. The molecule has 1 aromatic rings. The lowest BCUT2D eigenvalue weighted by Crippen LogP contribution is -2.38. The van der Waals surface area contributed by atoms with Gasteiger partial charge in [-0.25, -0.2) is 4.79 Å². The number of carbonyl (C=O) groups excluding carboxylic acids is 3. The Labute approximate surface area is 152 Å². The third kappa shape index (κ3) is 5.29. The van der Waals surface area contributed by atoms with Crippen molar-refractivity contribution in [2.75, 3.05) is 25.0 Å². The maximum atomic E-state index is 12.3. The normalized spacial score (nSPS) is 15.0. The number of esters is 1. The van der Waals surface area contributed by atoms with E-state index in [-0.39, 0.29) is 18.4 Å². The lowest BCUT2D eigenvalue weighted by atomic mass is 9.96. The van der Waals surface area contributed by atoms with Crippen LogP contribution in [0.4, 0.5) is 5.00 Å². The van der Waals surface area contributed by atoms with Gasteiger partial charge in [-0.1, -0.05) is 20.8 Å². The number of likely N-dealkylation sites (tertiary alicyclic amines) is 1. The van der Waals surface area contributed by atoms with E-state index in [0.717, 1.165) is 37.9 Å². The number of ether oxygens (including phenoxy) is 1. The number of nitrogens with one attached hydrogen (secondary N) is 1. The van der Waals surface area contributed by atoms with Crippen LogP contribution in [-0.2, 0) is 14.3 Å². The second-order valence-corrected chi connectivity index (χ2v) is 8.40. The predicted molar refractivity (Wildman–Crippen MR) is 97.9 cm³/mol. The molecular formula is C18H26N2O4S. The molecule has 0 radical (unpaired) electrons. The monoisotopic (exact) mass is 366 g/mol. The van der Waals surface area contributed by atoms with Gasteiger partial charge in [0.2, 0.25) is 5.91 Å². The van der Waals surface area contributed by atoms with Crippen molar-refractivity contribution in [2.45, 2.75) is 47.0 Å². The summed E-state index contributed by atoms with van der Waals surface area (Å²) in [6.07, 6.45) is 3.14. The summed E-state index contributed by atoms with van der Waals surface area (Å²) in [5, 5.41) is 3.41. The Balaban J connectivity index is 1.93. The molecule has 2 amide bonds. The summed E-state index contributed by atoms with van der Waals surface area (Å²) in [6.45, 7) is 8.49. The number of anilines is 1. The number of rotatable bonds is 4. The van der Waals surface area contributed by atoms with Crippen LogP contribution in [0.25, 0.3) is 0 Å². The molecule has 0 unspecified atom stereocenters. The molecule has 0 bridgehead atoms. The van der Waals surface area contributed by atoms with Gasteiger partial charge in [-0.05, 0) is 37.8 Å². The lowest BCUT2D eigenvalue weighted by molar-refractivity contribution is -0.135. The van der Waals surface area contributed by atoms with Gasteiger partial charge in [0.05, 0.1) is 5.00 Å². The highest BCUT2D eigenvalue weighted by Gasteiger charge is 2.24. The first kappa shape index (κ1) is 19.4. The molecule has 138 valence electrons. The number of amides is 2. The average molecular weight is 366 g/mol. The van der Waals surface area contributed by atoms with Gasteiger partial charge >= 0.3 is 5.97 Å². The van der Waals surface area contributed by atoms with E-state index in [4.69, 9.17) is 4.74 Å². The van der Waals surface area contributed by atoms with Crippen molar-refractivity contribution in [3.63, 3.8) is 0 Å². The molecule has 7 heteroatoms. The Bertz CT molecular complexity index is 655. The molecule has 1 aromatic heterocycles. The van der Waals surface area contributed by atoms with Crippen LogP contribution in [-0.4, -0.2) is 42.4 Å². The number of thiophene rings is 1. The number of hydrogen-bond acceptors (Lipinski definition) is 5. The molecule has 1 saturated heterocycles. The SMILES string of the molecule is Cc1cc(NC(=O)C(C)(C)C)sc1C(=O)OCC(=O)N1CCCCC1. The number of aryl methyl sites for hydroxylation is 1. The van der Waals surface area contributed by atoms with E-state index in [1.54, 1.807) is 17.9 Å². The van der Waals surface area contributed by atoms with Gasteiger partial charge in [-0.2, -0.15) is 0 Å². The first-order valence-corrected chi connectivity index (χ1v) is 9.37. The van der Waals surface area contributed by atoms with Gasteiger partial charge in [0.25, 0.3) is 5.91 Å². The molecular weight excluding hydrogens is 340 g/mol. The summed E-state index contributed by atoms with van der Waals surface area (Å²) in [6, 6.07) is 1.75. The van der Waals surface area contributed by atoms with Crippen LogP contribution < -0.4 is 5.32 Å². The Kier molecular flexibility index (Phi) is 6.21. The zero-order chi connectivity index (χ0) is 18.6. The van der Waals surface area contributed by atoms with E-state index in [2.05, 4.69) is 5.32 Å². The topological polar surface area (TPSA) is 75.7 Å². The van der Waals surface area contributed by atoms with Crippen molar-refractivity contribution in [1.82, 2.24) is 4.90 Å². The average Bonchev–Trinajstić information content (AvgIpc) is 2.92. The third-order valence-corrected chi connectivity index (χ3v) is 5.19. The number of carbonyl (C=O) groups is 3. The number of piperidine rings is 1. The van der Waals surface area contributed by atoms with E-state index in [9.17, 15) is 14.4 Å². The fraction of sp³-hybridized carbons (Fsp3) is 0.611. The lowest BCUT2D eigenvalue weighted by Gasteiger charge is -2.26. The summed E-state index contributed by atoms with van der Waals surface area (Å²) >= 11 is 1.17. The maximum Gasteiger partial charge on any atom is 0.349 e. The molecule has 1 aliphatic rings. The molecule has 0 aromatic carbocycles. The smallest absolute Gasteiger partial charge is 0.349 e. The molecule has 0 atom stereocenters. The van der Waals surface area contributed by atoms with E-state index in [1.165, 1.54) is 11.3 Å². The highest BCUT2D eigenvalue weighted by molar-refractivity contribution is 7.18. The van der Waals surface area contributed by atoms with Crippen LogP contribution in [0.15, 0.2) is 6.07 Å². The minimum absolute atomic E-state index is 0.117. The Morgan fingerprint density at radius 3 is 2.44 bits per heavy atom. The quantitative estimate of drug-likeness (QED) is 0.830. The van der Waals surface area contributed by atoms with Gasteiger partial charge in [-0.3, -0.25) is 9.59 Å². The minimum Gasteiger partial charge on any atom is -0.451 e. The molecule has 2 rings (SSSR count). The Morgan fingerprint density at radius 2 is 1.84 bits per heavy atom. The molecule has 25 heavy (non-hydrogen) atoms. The van der Waals surface area contributed by atoms with Gasteiger partial charge < -0.3 is 15.0 Å². The van der Waals surface area contributed by atoms with Crippen LogP contribution in [0.5, 0.6) is 0 Å². The van der Waals surface area contributed by atoms with Crippen LogP contribution in [0.3, 0.4) is 0 Å². The highest BCUT2D eigenvalue weighted by Crippen LogP contribution is 2.29. The third-order valence-electron chi connectivity index (χ3n) is 4.06. The standard InChI is InChI=1S/C18H26N2O4S/c1-12-10-13(19-17(23)18(2,3)4)25-15(12)16(22)24-11-14(21)20-8-6-5-7-9-20/h10H,5-9,11H2,1-4H3,(H,19,23). The van der Waals surface area contributed by atoms with Gasteiger partial charge in [0, 0.05) is 18.5 Å². The zero-order valence-corrected chi connectivity index (χ0v) is 16.1. The Hall–Kier alpha value is -1.89. The molecule has 1 N–H and O–H groups in total. The van der Waals surface area contributed by atoms with Crippen LogP contribution in [0, 0.1) is 12.3 Å². The summed E-state index contributed by atoms with van der Waals surface area (Å²) in [5.41, 5.74) is 0.212. The first-order chi connectivity index (χ1) is 11.7. The second kappa shape index (κ2) is 7.99. The summed E-state index contributed by atoms with van der Waals surface area (Å²) in [7, 11) is 0. The molecule has 2 heterocycles. The summed E-state index contributed by atoms with van der Waals surface area (Å²) in [4.78, 5) is 38.5. The molecule has 0 saturated carbocycles. The van der Waals surface area contributed by atoms with E-state index in [0.29, 0.717) is 9.88 Å². The van der Waals surface area contributed by atoms with Crippen molar-refractivity contribution >= 4 is 34.1 Å². The van der Waals surface area contributed by atoms with Gasteiger partial charge in [0.1, 0.15) is 4.88 Å². The highest BCUT2D eigenvalue weighted by atomic mass is 32.1. The molecule has 0 aliphatic carbocycles. The van der Waals surface area contributed by atoms with Crippen LogP contribution in [0.2, 0.25) is 0 Å². The first-order valence-electron chi connectivity index (χ1n) is 8.55. The number of nitrogens with zero attached hydrogens (tertiary/aromatic N) is 1. The van der Waals surface area contributed by atoms with Gasteiger partial charge in [-0.15, -0.1) is 11.3 Å². The molecule has 1 aliphatic heterocycles. The molecule has 0 spiro atoms. The zero-order valence-electron chi connectivity index (χ0n) is 15.3. The van der Waals surface area contributed by atoms with Crippen molar-refractivity contribution in [1.29, 1.82) is 0 Å². The van der Waals surface area contributed by atoms with E-state index < -0.39 is 11.4 Å². The van der Waals surface area contributed by atoms with Crippen LogP contribution >= 0.6 is 11.3 Å². The maximum absolute atomic E-state index is 12.3. The van der Waals surface area contributed by atoms with Crippen molar-refractivity contribution in [2.24, 2.45) is 5.41 Å². The van der Waals surface area contributed by atoms with Gasteiger partial charge in [0.15, 0.2) is 6.61 Å².